The Kier molecular flexibility index (Phi) is 8.29. The molecule has 5 aromatic rings. The Morgan fingerprint density at radius 1 is 0.750 bits per heavy atom. The van der Waals surface area contributed by atoms with Gasteiger partial charge in [0.05, 0.1) is 14.2 Å². The zero-order valence-corrected chi connectivity index (χ0v) is 28.0. The van der Waals surface area contributed by atoms with Crippen molar-refractivity contribution in [1.82, 2.24) is 15.8 Å². The summed E-state index contributed by atoms with van der Waals surface area (Å²) >= 11 is 18.1. The van der Waals surface area contributed by atoms with Crippen LogP contribution in [0.25, 0.3) is 23.0 Å². The summed E-state index contributed by atoms with van der Waals surface area (Å²) in [5, 5.41) is 11.2. The van der Waals surface area contributed by atoms with Gasteiger partial charge in [0.1, 0.15) is 17.2 Å². The Hall–Kier alpha value is -4.96. The highest BCUT2D eigenvalue weighted by molar-refractivity contribution is 7.80. The van der Waals surface area contributed by atoms with E-state index in [-0.39, 0.29) is 5.11 Å². The summed E-state index contributed by atoms with van der Waals surface area (Å²) in [6, 6.07) is 29.0. The molecule has 2 N–H and O–H groups in total. The number of aromatic nitrogens is 1. The maximum Gasteiger partial charge on any atom is 0.243 e. The number of methoxy groups -OCH3 is 2. The van der Waals surface area contributed by atoms with E-state index in [0.717, 1.165) is 5.56 Å². The molecule has 0 radical (unpaired) electrons. The van der Waals surface area contributed by atoms with Crippen molar-refractivity contribution in [3.05, 3.63) is 135 Å². The fourth-order valence-corrected chi connectivity index (χ4v) is 7.22. The molecule has 7 rings (SSSR count). The van der Waals surface area contributed by atoms with E-state index >= 15 is 0 Å². The van der Waals surface area contributed by atoms with Gasteiger partial charge < -0.3 is 24.6 Å². The van der Waals surface area contributed by atoms with Crippen LogP contribution in [0, 0.1) is 5.41 Å². The lowest BCUT2D eigenvalue weighted by Crippen LogP contribution is -2.67. The van der Waals surface area contributed by atoms with E-state index in [1.807, 2.05) is 78.9 Å². The molecule has 8 nitrogen and oxygen atoms in total. The third-order valence-electron chi connectivity index (χ3n) is 8.91. The van der Waals surface area contributed by atoms with Gasteiger partial charge in [-0.05, 0) is 101 Å². The predicted molar refractivity (Wildman–Crippen MR) is 188 cm³/mol. The number of halogens is 2. The van der Waals surface area contributed by atoms with E-state index < -0.39 is 29.1 Å². The van der Waals surface area contributed by atoms with Gasteiger partial charge in [-0.2, -0.15) is 0 Å². The summed E-state index contributed by atoms with van der Waals surface area (Å²) in [5.41, 5.74) is 2.60. The average Bonchev–Trinajstić information content (AvgIpc) is 3.53. The fourth-order valence-electron chi connectivity index (χ4n) is 6.79. The van der Waals surface area contributed by atoms with Gasteiger partial charge in [-0.1, -0.05) is 64.8 Å². The van der Waals surface area contributed by atoms with Crippen LogP contribution in [0.3, 0.4) is 0 Å². The van der Waals surface area contributed by atoms with Crippen LogP contribution >= 0.6 is 35.4 Å². The van der Waals surface area contributed by atoms with E-state index in [9.17, 15) is 9.59 Å². The van der Waals surface area contributed by atoms with Gasteiger partial charge in [0.15, 0.2) is 16.3 Å². The third kappa shape index (κ3) is 5.24. The molecule has 2 amide bonds. The van der Waals surface area contributed by atoms with Gasteiger partial charge in [0, 0.05) is 33.0 Å². The fraction of sp³-hybridized carbons (Fsp3) is 0.135. The molecule has 1 aliphatic heterocycles. The number of amides is 2. The monoisotopic (exact) mass is 695 g/mol. The lowest BCUT2D eigenvalue weighted by Gasteiger charge is -2.49. The second kappa shape index (κ2) is 12.6. The van der Waals surface area contributed by atoms with Crippen LogP contribution in [0.15, 0.2) is 102 Å². The second-order valence-corrected chi connectivity index (χ2v) is 12.7. The number of rotatable bonds is 6. The SMILES string of the molecule is COc1ccc(/C=C2\c3noc(-c4ccc(OC)cc4)c3C(c3ccc(Cl)cc3)C3(C(=O)NC(=S)NC3=O)C2c2ccc(Cl)cc2)cc1. The normalized spacial score (nSPS) is 19.1. The van der Waals surface area contributed by atoms with Gasteiger partial charge in [-0.25, -0.2) is 0 Å². The van der Waals surface area contributed by atoms with Crippen molar-refractivity contribution in [2.75, 3.05) is 14.2 Å². The molecular weight excluding hydrogens is 669 g/mol. The molecular formula is C37H27Cl2N3O5S. The topological polar surface area (TPSA) is 103 Å². The zero-order valence-electron chi connectivity index (χ0n) is 25.6. The first-order valence-corrected chi connectivity index (χ1v) is 16.1. The molecule has 240 valence electrons. The lowest BCUT2D eigenvalue weighted by molar-refractivity contribution is -0.145. The van der Waals surface area contributed by atoms with Crippen molar-refractivity contribution in [2.45, 2.75) is 11.8 Å². The van der Waals surface area contributed by atoms with Gasteiger partial charge in [-0.15, -0.1) is 0 Å². The van der Waals surface area contributed by atoms with Crippen LogP contribution in [0.4, 0.5) is 0 Å². The Morgan fingerprint density at radius 2 is 1.25 bits per heavy atom. The number of hydrogen-bond acceptors (Lipinski definition) is 7. The van der Waals surface area contributed by atoms with E-state index in [4.69, 9.17) is 49.4 Å². The summed E-state index contributed by atoms with van der Waals surface area (Å²) in [5.74, 6) is -1.20. The highest BCUT2D eigenvalue weighted by Crippen LogP contribution is 2.63. The highest BCUT2D eigenvalue weighted by atomic mass is 35.5. The largest absolute Gasteiger partial charge is 0.497 e. The van der Waals surface area contributed by atoms with Crippen LogP contribution in [0.2, 0.25) is 10.0 Å². The molecule has 1 aromatic heterocycles. The maximum absolute atomic E-state index is 14.8. The third-order valence-corrected chi connectivity index (χ3v) is 9.62. The quantitative estimate of drug-likeness (QED) is 0.139. The number of allylic oxidation sites excluding steroid dienone is 1. The standard InChI is InChI=1S/C37H27Cl2N3O5S/c1-45-26-15-3-20(4-16-26)19-28-30(21-5-11-24(38)12-6-21)37(34(43)40-36(48)41-35(37)44)31(22-7-13-25(39)14-8-22)29-32(28)42-47-33(29)23-9-17-27(46-2)18-10-23/h3-19,30-31H,1-2H3,(H2,40,41,43,44,48)/b28-19-. The Balaban J connectivity index is 1.62. The summed E-state index contributed by atoms with van der Waals surface area (Å²) in [4.78, 5) is 29.6. The van der Waals surface area contributed by atoms with Crippen LogP contribution in [-0.4, -0.2) is 36.3 Å². The first-order valence-electron chi connectivity index (χ1n) is 14.9. The number of nitrogens with zero attached hydrogens (tertiary/aromatic N) is 1. The number of thiocarbonyl (C=S) groups is 1. The smallest absolute Gasteiger partial charge is 0.243 e. The summed E-state index contributed by atoms with van der Waals surface area (Å²) in [6.07, 6.45) is 1.92. The maximum atomic E-state index is 14.8. The van der Waals surface area contributed by atoms with E-state index in [1.165, 1.54) is 0 Å². The summed E-state index contributed by atoms with van der Waals surface area (Å²) in [7, 11) is 3.18. The van der Waals surface area contributed by atoms with Gasteiger partial charge in [0.2, 0.25) is 11.8 Å². The van der Waals surface area contributed by atoms with Crippen molar-refractivity contribution < 1.29 is 23.6 Å². The van der Waals surface area contributed by atoms with E-state index in [1.54, 1.807) is 38.5 Å². The number of hydrogen-bond donors (Lipinski definition) is 2. The van der Waals surface area contributed by atoms with Crippen molar-refractivity contribution in [3.63, 3.8) is 0 Å². The molecule has 4 aromatic carbocycles. The summed E-state index contributed by atoms with van der Waals surface area (Å²) in [6.45, 7) is 0. The molecule has 1 saturated heterocycles. The zero-order chi connectivity index (χ0) is 33.6. The van der Waals surface area contributed by atoms with Gasteiger partial charge >= 0.3 is 0 Å². The van der Waals surface area contributed by atoms with Crippen LogP contribution < -0.4 is 20.1 Å². The molecule has 2 atom stereocenters. The predicted octanol–water partition coefficient (Wildman–Crippen LogP) is 7.65. The van der Waals surface area contributed by atoms with Crippen LogP contribution in [0.1, 0.15) is 39.8 Å². The molecule has 2 unspecified atom stereocenters. The van der Waals surface area contributed by atoms with E-state index in [2.05, 4.69) is 15.8 Å². The average molecular weight is 697 g/mol. The number of benzene rings is 4. The van der Waals surface area contributed by atoms with Gasteiger partial charge in [0.25, 0.3) is 0 Å². The Morgan fingerprint density at radius 3 is 1.77 bits per heavy atom. The minimum atomic E-state index is -1.83. The van der Waals surface area contributed by atoms with Crippen LogP contribution in [0.5, 0.6) is 11.5 Å². The van der Waals surface area contributed by atoms with E-state index in [0.29, 0.717) is 60.8 Å². The number of carbonyl (C=O) groups excluding carboxylic acids is 2. The molecule has 1 fully saturated rings. The molecule has 1 spiro atoms. The first kappa shape index (κ1) is 31.6. The molecule has 0 saturated carbocycles. The Bertz CT molecular complexity index is 2060. The molecule has 2 aliphatic rings. The van der Waals surface area contributed by atoms with Gasteiger partial charge in [-0.3, -0.25) is 9.59 Å². The summed E-state index contributed by atoms with van der Waals surface area (Å²) < 4.78 is 17.0. The second-order valence-electron chi connectivity index (χ2n) is 11.5. The molecule has 48 heavy (non-hydrogen) atoms. The molecule has 11 heteroatoms. The minimum absolute atomic E-state index is 0.0764. The number of carbonyl (C=O) groups is 2. The van der Waals surface area contributed by atoms with Crippen molar-refractivity contribution in [2.24, 2.45) is 5.41 Å². The Labute approximate surface area is 291 Å². The van der Waals surface area contributed by atoms with Crippen molar-refractivity contribution in [3.8, 4) is 22.8 Å². The molecule has 2 heterocycles. The molecule has 0 bridgehead atoms. The highest BCUT2D eigenvalue weighted by Gasteiger charge is 2.66. The first-order chi connectivity index (χ1) is 23.2. The minimum Gasteiger partial charge on any atom is -0.497 e. The van der Waals surface area contributed by atoms with Crippen molar-refractivity contribution in [1.29, 1.82) is 0 Å². The number of nitrogens with one attached hydrogen (secondary N) is 2. The van der Waals surface area contributed by atoms with Crippen molar-refractivity contribution >= 4 is 64.0 Å². The number of ether oxygens (including phenoxy) is 2. The lowest BCUT2D eigenvalue weighted by atomic mass is 9.52. The number of fused-ring (bicyclic) bond motifs is 1. The molecule has 1 aliphatic carbocycles. The van der Waals surface area contributed by atoms with Crippen LogP contribution in [-0.2, 0) is 9.59 Å².